The molecule has 2 rings (SSSR count). The average molecular weight is 214 g/mol. The molecule has 1 aromatic heterocycles. The zero-order valence-electron chi connectivity index (χ0n) is 9.18. The quantitative estimate of drug-likeness (QED) is 0.799. The summed E-state index contributed by atoms with van der Waals surface area (Å²) < 4.78 is 5.68. The van der Waals surface area contributed by atoms with Crippen LogP contribution >= 0.6 is 0 Å². The van der Waals surface area contributed by atoms with Crippen molar-refractivity contribution in [3.05, 3.63) is 53.9 Å². The molecule has 1 heterocycles. The number of aromatic nitrogens is 1. The van der Waals surface area contributed by atoms with Crippen LogP contribution in [0.15, 0.2) is 42.7 Å². The minimum Gasteiger partial charge on any atom is -0.488 e. The van der Waals surface area contributed by atoms with Crippen molar-refractivity contribution in [2.45, 2.75) is 13.5 Å². The second-order valence-corrected chi connectivity index (χ2v) is 3.62. The topological polar surface area (TPSA) is 48.1 Å². The Labute approximate surface area is 94.9 Å². The van der Waals surface area contributed by atoms with Gasteiger partial charge in [0, 0.05) is 29.2 Å². The number of rotatable bonds is 3. The molecule has 0 amide bonds. The van der Waals surface area contributed by atoms with Gasteiger partial charge in [0.1, 0.15) is 12.4 Å². The smallest absolute Gasteiger partial charge is 0.124 e. The predicted octanol–water partition coefficient (Wildman–Crippen LogP) is 2.55. The number of nitrogen functional groups attached to an aromatic ring is 1. The minimum atomic E-state index is 0.512. The van der Waals surface area contributed by atoms with Gasteiger partial charge in [-0.2, -0.15) is 0 Å². The van der Waals surface area contributed by atoms with Crippen LogP contribution in [0.2, 0.25) is 0 Å². The van der Waals surface area contributed by atoms with E-state index in [0.717, 1.165) is 22.6 Å². The van der Waals surface area contributed by atoms with Gasteiger partial charge in [0.2, 0.25) is 0 Å². The van der Waals surface area contributed by atoms with Crippen molar-refractivity contribution in [2.24, 2.45) is 0 Å². The van der Waals surface area contributed by atoms with Gasteiger partial charge in [0.15, 0.2) is 0 Å². The fraction of sp³-hybridized carbons (Fsp3) is 0.154. The molecule has 0 radical (unpaired) electrons. The highest BCUT2D eigenvalue weighted by molar-refractivity contribution is 5.53. The largest absolute Gasteiger partial charge is 0.488 e. The number of benzene rings is 1. The van der Waals surface area contributed by atoms with Gasteiger partial charge in [-0.1, -0.05) is 12.1 Å². The van der Waals surface area contributed by atoms with Gasteiger partial charge in [0.25, 0.3) is 0 Å². The van der Waals surface area contributed by atoms with Crippen LogP contribution in [0.3, 0.4) is 0 Å². The summed E-state index contributed by atoms with van der Waals surface area (Å²) in [5.74, 6) is 0.823. The van der Waals surface area contributed by atoms with E-state index in [4.69, 9.17) is 10.5 Å². The first-order valence-corrected chi connectivity index (χ1v) is 5.14. The first kappa shape index (κ1) is 10.5. The average Bonchev–Trinajstić information content (AvgIpc) is 2.32. The molecule has 0 spiro atoms. The molecule has 2 aromatic rings. The van der Waals surface area contributed by atoms with Crippen LogP contribution in [0, 0.1) is 6.92 Å². The Morgan fingerprint density at radius 3 is 2.88 bits per heavy atom. The summed E-state index contributed by atoms with van der Waals surface area (Å²) in [7, 11) is 0. The third-order valence-electron chi connectivity index (χ3n) is 2.44. The maximum atomic E-state index is 5.80. The summed E-state index contributed by atoms with van der Waals surface area (Å²) in [5.41, 5.74) is 8.57. The minimum absolute atomic E-state index is 0.512. The van der Waals surface area contributed by atoms with Crippen molar-refractivity contribution in [1.82, 2.24) is 4.98 Å². The number of hydrogen-bond acceptors (Lipinski definition) is 3. The van der Waals surface area contributed by atoms with Crippen LogP contribution < -0.4 is 10.5 Å². The third kappa shape index (κ3) is 2.31. The van der Waals surface area contributed by atoms with E-state index < -0.39 is 0 Å². The van der Waals surface area contributed by atoms with Crippen molar-refractivity contribution in [3.8, 4) is 5.75 Å². The first-order valence-electron chi connectivity index (χ1n) is 5.14. The standard InChI is InChI=1S/C13H14N2O/c1-10-12(14)5-2-6-13(10)16-9-11-4-3-7-15-8-11/h2-8H,9,14H2,1H3. The summed E-state index contributed by atoms with van der Waals surface area (Å²) in [6.07, 6.45) is 3.54. The molecule has 0 bridgehead atoms. The third-order valence-corrected chi connectivity index (χ3v) is 2.44. The van der Waals surface area contributed by atoms with E-state index in [-0.39, 0.29) is 0 Å². The summed E-state index contributed by atoms with van der Waals surface area (Å²) in [5, 5.41) is 0. The highest BCUT2D eigenvalue weighted by Crippen LogP contribution is 2.23. The molecular formula is C13H14N2O. The van der Waals surface area contributed by atoms with Gasteiger partial charge in [-0.25, -0.2) is 0 Å². The summed E-state index contributed by atoms with van der Waals surface area (Å²) in [6, 6.07) is 9.55. The Balaban J connectivity index is 2.08. The van der Waals surface area contributed by atoms with E-state index in [9.17, 15) is 0 Å². The highest BCUT2D eigenvalue weighted by atomic mass is 16.5. The van der Waals surface area contributed by atoms with Crippen molar-refractivity contribution in [3.63, 3.8) is 0 Å². The highest BCUT2D eigenvalue weighted by Gasteiger charge is 2.02. The molecule has 0 aliphatic carbocycles. The van der Waals surface area contributed by atoms with E-state index >= 15 is 0 Å². The molecule has 3 nitrogen and oxygen atoms in total. The van der Waals surface area contributed by atoms with Crippen molar-refractivity contribution in [1.29, 1.82) is 0 Å². The maximum Gasteiger partial charge on any atom is 0.124 e. The number of pyridine rings is 1. The number of nitrogens with two attached hydrogens (primary N) is 1. The van der Waals surface area contributed by atoms with Crippen LogP contribution in [0.4, 0.5) is 5.69 Å². The van der Waals surface area contributed by atoms with E-state index in [1.165, 1.54) is 0 Å². The van der Waals surface area contributed by atoms with E-state index in [1.807, 2.05) is 37.3 Å². The van der Waals surface area contributed by atoms with Crippen molar-refractivity contribution >= 4 is 5.69 Å². The van der Waals surface area contributed by atoms with E-state index in [1.54, 1.807) is 12.4 Å². The molecule has 82 valence electrons. The lowest BCUT2D eigenvalue weighted by molar-refractivity contribution is 0.304. The fourth-order valence-electron chi connectivity index (χ4n) is 1.43. The molecule has 3 heteroatoms. The van der Waals surface area contributed by atoms with Gasteiger partial charge >= 0.3 is 0 Å². The van der Waals surface area contributed by atoms with Crippen LogP contribution in [-0.4, -0.2) is 4.98 Å². The number of hydrogen-bond donors (Lipinski definition) is 1. The molecule has 0 saturated heterocycles. The molecule has 2 N–H and O–H groups in total. The van der Waals surface area contributed by atoms with E-state index in [2.05, 4.69) is 4.98 Å². The molecule has 0 atom stereocenters. The Bertz CT molecular complexity index is 469. The number of nitrogens with zero attached hydrogens (tertiary/aromatic N) is 1. The lowest BCUT2D eigenvalue weighted by Gasteiger charge is -2.10. The van der Waals surface area contributed by atoms with Crippen molar-refractivity contribution < 1.29 is 4.74 Å². The molecule has 16 heavy (non-hydrogen) atoms. The zero-order valence-corrected chi connectivity index (χ0v) is 9.18. The van der Waals surface area contributed by atoms with Gasteiger partial charge in [-0.15, -0.1) is 0 Å². The second-order valence-electron chi connectivity index (χ2n) is 3.62. The molecule has 0 unspecified atom stereocenters. The maximum absolute atomic E-state index is 5.80. The first-order chi connectivity index (χ1) is 7.77. The summed E-state index contributed by atoms with van der Waals surface area (Å²) in [6.45, 7) is 2.46. The Kier molecular flexibility index (Phi) is 3.05. The zero-order chi connectivity index (χ0) is 11.4. The second kappa shape index (κ2) is 4.66. The van der Waals surface area contributed by atoms with Crippen LogP contribution in [-0.2, 0) is 6.61 Å². The molecule has 0 aliphatic rings. The fourth-order valence-corrected chi connectivity index (χ4v) is 1.43. The van der Waals surface area contributed by atoms with E-state index in [0.29, 0.717) is 6.61 Å². The van der Waals surface area contributed by atoms with Gasteiger partial charge in [-0.05, 0) is 25.1 Å². The molecule has 0 fully saturated rings. The Hall–Kier alpha value is -2.03. The van der Waals surface area contributed by atoms with Crippen molar-refractivity contribution in [2.75, 3.05) is 5.73 Å². The van der Waals surface area contributed by atoms with Crippen LogP contribution in [0.25, 0.3) is 0 Å². The molecule has 0 aliphatic heterocycles. The molecule has 1 aromatic carbocycles. The SMILES string of the molecule is Cc1c(N)cccc1OCc1cccnc1. The Morgan fingerprint density at radius 2 is 2.12 bits per heavy atom. The van der Waals surface area contributed by atoms with Crippen LogP contribution in [0.1, 0.15) is 11.1 Å². The molecule has 0 saturated carbocycles. The predicted molar refractivity (Wildman–Crippen MR) is 64.2 cm³/mol. The number of anilines is 1. The summed E-state index contributed by atoms with van der Waals surface area (Å²) in [4.78, 5) is 4.03. The van der Waals surface area contributed by atoms with Gasteiger partial charge in [0.05, 0.1) is 0 Å². The number of ether oxygens (including phenoxy) is 1. The Morgan fingerprint density at radius 1 is 1.25 bits per heavy atom. The van der Waals surface area contributed by atoms with Crippen LogP contribution in [0.5, 0.6) is 5.75 Å². The monoisotopic (exact) mass is 214 g/mol. The lowest BCUT2D eigenvalue weighted by atomic mass is 10.2. The lowest BCUT2D eigenvalue weighted by Crippen LogP contribution is -1.99. The van der Waals surface area contributed by atoms with Gasteiger partial charge in [-0.3, -0.25) is 4.98 Å². The van der Waals surface area contributed by atoms with Gasteiger partial charge < -0.3 is 10.5 Å². The summed E-state index contributed by atoms with van der Waals surface area (Å²) >= 11 is 0. The molecular weight excluding hydrogens is 200 g/mol. The normalized spacial score (nSPS) is 10.1.